The highest BCUT2D eigenvalue weighted by molar-refractivity contribution is 6.31. The van der Waals surface area contributed by atoms with E-state index in [1.54, 1.807) is 30.4 Å². The molecule has 1 aromatic heterocycles. The number of nitrogens with one attached hydrogen (secondary N) is 2. The van der Waals surface area contributed by atoms with Crippen LogP contribution in [0.25, 0.3) is 0 Å². The molecular formula is C37H44ClFN8O3. The zero-order valence-electron chi connectivity index (χ0n) is 28.4. The van der Waals surface area contributed by atoms with Crippen molar-refractivity contribution in [3.63, 3.8) is 0 Å². The predicted molar refractivity (Wildman–Crippen MR) is 193 cm³/mol. The minimum Gasteiger partial charge on any atom is -0.494 e. The van der Waals surface area contributed by atoms with E-state index in [1.165, 1.54) is 57.2 Å². The molecule has 2 aromatic carbocycles. The highest BCUT2D eigenvalue weighted by Crippen LogP contribution is 2.43. The van der Waals surface area contributed by atoms with E-state index in [4.69, 9.17) is 21.2 Å². The lowest BCUT2D eigenvalue weighted by Crippen LogP contribution is -2.58. The Balaban J connectivity index is 0.999. The molecule has 0 radical (unpaired) electrons. The van der Waals surface area contributed by atoms with E-state index in [2.05, 4.69) is 41.9 Å². The highest BCUT2D eigenvalue weighted by atomic mass is 35.5. The molecule has 264 valence electrons. The Morgan fingerprint density at radius 3 is 2.48 bits per heavy atom. The zero-order chi connectivity index (χ0) is 34.4. The highest BCUT2D eigenvalue weighted by Gasteiger charge is 2.47. The van der Waals surface area contributed by atoms with Crippen LogP contribution >= 0.6 is 11.6 Å². The average molecular weight is 703 g/mol. The number of anilines is 5. The summed E-state index contributed by atoms with van der Waals surface area (Å²) in [5, 5.41) is 8.10. The Bertz CT molecular complexity index is 1740. The number of piperazine rings is 1. The molecule has 1 saturated carbocycles. The molecular weight excluding hydrogens is 659 g/mol. The molecule has 3 atom stereocenters. The standard InChI is InChI=1S/C37H44ClFN8O3/c1-3-36(48)43-29-17-30(42-34-19-35(41-22-40-34)47-31(13-16-50-47)27-5-4-6-28(39)37(27)38)33(49-2)18-32(29)44-14-11-23(12-15-44)45-20-25-9-10-26(21-45)46(25)24-7-8-24/h3-6,17-19,22-26,31H,1,7-16,20-21H2,2H3,(H,43,48)(H,40,41,42)/t25?,26?,31-/m1/s1. The summed E-state index contributed by atoms with van der Waals surface area (Å²) in [6.07, 6.45) is 10.9. The number of nitrogens with zero attached hydrogens (tertiary/aromatic N) is 6. The van der Waals surface area contributed by atoms with Crippen LogP contribution in [-0.4, -0.2) is 89.7 Å². The van der Waals surface area contributed by atoms with Crippen molar-refractivity contribution < 1.29 is 18.8 Å². The van der Waals surface area contributed by atoms with Gasteiger partial charge in [0.05, 0.1) is 41.8 Å². The lowest BCUT2D eigenvalue weighted by Gasteiger charge is -2.47. The van der Waals surface area contributed by atoms with Gasteiger partial charge in [-0.3, -0.25) is 19.4 Å². The van der Waals surface area contributed by atoms with Crippen molar-refractivity contribution in [1.82, 2.24) is 19.8 Å². The Hall–Kier alpha value is -3.97. The van der Waals surface area contributed by atoms with Crippen molar-refractivity contribution in [1.29, 1.82) is 0 Å². The number of ether oxygens (including phenoxy) is 1. The Morgan fingerprint density at radius 2 is 1.76 bits per heavy atom. The maximum Gasteiger partial charge on any atom is 0.247 e. The monoisotopic (exact) mass is 702 g/mol. The second-order valence-electron chi connectivity index (χ2n) is 14.0. The van der Waals surface area contributed by atoms with Crippen LogP contribution in [0.4, 0.5) is 33.1 Å². The number of hydrogen-bond donors (Lipinski definition) is 2. The van der Waals surface area contributed by atoms with Gasteiger partial charge in [-0.15, -0.1) is 0 Å². The number of carbonyl (C=O) groups excluding carboxylic acids is 1. The first-order valence-corrected chi connectivity index (χ1v) is 18.1. The number of benzene rings is 2. The van der Waals surface area contributed by atoms with E-state index in [9.17, 15) is 9.18 Å². The van der Waals surface area contributed by atoms with Crippen LogP contribution in [0.2, 0.25) is 5.02 Å². The van der Waals surface area contributed by atoms with Gasteiger partial charge in [0.25, 0.3) is 0 Å². The van der Waals surface area contributed by atoms with E-state index in [0.29, 0.717) is 53.4 Å². The first-order valence-electron chi connectivity index (χ1n) is 17.8. The average Bonchev–Trinajstić information content (AvgIpc) is 3.80. The van der Waals surface area contributed by atoms with E-state index < -0.39 is 5.82 Å². The van der Waals surface area contributed by atoms with Crippen LogP contribution < -0.4 is 25.3 Å². The minimum atomic E-state index is -0.478. The molecule has 13 heteroatoms. The van der Waals surface area contributed by atoms with E-state index in [-0.39, 0.29) is 17.0 Å². The molecule has 5 aliphatic rings. The largest absolute Gasteiger partial charge is 0.494 e. The van der Waals surface area contributed by atoms with Crippen molar-refractivity contribution >= 4 is 46.2 Å². The first kappa shape index (κ1) is 33.2. The number of amides is 1. The summed E-state index contributed by atoms with van der Waals surface area (Å²) >= 11 is 6.34. The van der Waals surface area contributed by atoms with Gasteiger partial charge in [-0.25, -0.2) is 19.4 Å². The van der Waals surface area contributed by atoms with Crippen LogP contribution in [0.15, 0.2) is 55.4 Å². The second kappa shape index (κ2) is 14.0. The molecule has 50 heavy (non-hydrogen) atoms. The van der Waals surface area contributed by atoms with Crippen LogP contribution in [0.3, 0.4) is 0 Å². The van der Waals surface area contributed by atoms with Crippen LogP contribution in [0, 0.1) is 5.82 Å². The Kier molecular flexibility index (Phi) is 9.28. The van der Waals surface area contributed by atoms with E-state index >= 15 is 0 Å². The molecule has 4 saturated heterocycles. The summed E-state index contributed by atoms with van der Waals surface area (Å²) in [6, 6.07) is 12.9. The first-order chi connectivity index (χ1) is 24.4. The topological polar surface area (TPSA) is 98.3 Å². The molecule has 11 nitrogen and oxygen atoms in total. The van der Waals surface area contributed by atoms with Gasteiger partial charge in [0.1, 0.15) is 23.7 Å². The summed E-state index contributed by atoms with van der Waals surface area (Å²) in [5.41, 5.74) is 2.81. The number of methoxy groups -OCH3 is 1. The van der Waals surface area contributed by atoms with Crippen LogP contribution in [-0.2, 0) is 9.63 Å². The maximum atomic E-state index is 14.3. The molecule has 8 rings (SSSR count). The SMILES string of the molecule is C=CC(=O)Nc1cc(Nc2cc(N3OCC[C@@H]3c3cccc(F)c3Cl)ncn2)c(OC)cc1N1CCC(N2CC3CCC(C2)N3C2CC2)CC1. The molecule has 5 heterocycles. The smallest absolute Gasteiger partial charge is 0.247 e. The number of hydroxylamine groups is 1. The number of fused-ring (bicyclic) bond motifs is 2. The van der Waals surface area contributed by atoms with Crippen molar-refractivity contribution in [2.45, 2.75) is 75.2 Å². The summed E-state index contributed by atoms with van der Waals surface area (Å²) in [6.45, 7) is 8.26. The molecule has 5 fully saturated rings. The van der Waals surface area contributed by atoms with Gasteiger partial charge >= 0.3 is 0 Å². The number of rotatable bonds is 10. The van der Waals surface area contributed by atoms with Gasteiger partial charge in [-0.05, 0) is 62.3 Å². The van der Waals surface area contributed by atoms with Gasteiger partial charge in [-0.2, -0.15) is 0 Å². The second-order valence-corrected chi connectivity index (χ2v) is 14.4. The van der Waals surface area contributed by atoms with Crippen LogP contribution in [0.5, 0.6) is 5.75 Å². The van der Waals surface area contributed by atoms with Gasteiger partial charge in [-0.1, -0.05) is 30.3 Å². The maximum absolute atomic E-state index is 14.3. The molecule has 2 unspecified atom stereocenters. The lowest BCUT2D eigenvalue weighted by molar-refractivity contribution is -0.111. The molecule has 0 spiro atoms. The number of halogens is 2. The molecule has 2 bridgehead atoms. The fourth-order valence-electron chi connectivity index (χ4n) is 8.52. The van der Waals surface area contributed by atoms with Gasteiger partial charge in [0.2, 0.25) is 5.91 Å². The molecule has 2 N–H and O–H groups in total. The van der Waals surface area contributed by atoms with Crippen molar-refractivity contribution in [2.75, 3.05) is 60.5 Å². The summed E-state index contributed by atoms with van der Waals surface area (Å²) < 4.78 is 20.2. The summed E-state index contributed by atoms with van der Waals surface area (Å²) in [7, 11) is 1.63. The fourth-order valence-corrected chi connectivity index (χ4v) is 8.77. The quantitative estimate of drug-likeness (QED) is 0.234. The molecule has 1 amide bonds. The third-order valence-corrected chi connectivity index (χ3v) is 11.4. The van der Waals surface area contributed by atoms with Gasteiger partial charge < -0.3 is 20.3 Å². The minimum absolute atomic E-state index is 0.0714. The Morgan fingerprint density at radius 1 is 1.00 bits per heavy atom. The Labute approximate surface area is 297 Å². The van der Waals surface area contributed by atoms with Crippen LogP contribution in [0.1, 0.15) is 56.6 Å². The molecule has 4 aliphatic heterocycles. The van der Waals surface area contributed by atoms with E-state index in [0.717, 1.165) is 49.7 Å². The normalized spacial score (nSPS) is 24.4. The molecule has 3 aromatic rings. The molecule has 1 aliphatic carbocycles. The van der Waals surface area contributed by atoms with E-state index in [1.807, 2.05) is 12.1 Å². The van der Waals surface area contributed by atoms with Crippen molar-refractivity contribution in [3.05, 3.63) is 71.8 Å². The van der Waals surface area contributed by atoms with Crippen molar-refractivity contribution in [2.24, 2.45) is 0 Å². The van der Waals surface area contributed by atoms with Crippen molar-refractivity contribution in [3.8, 4) is 5.75 Å². The summed E-state index contributed by atoms with van der Waals surface area (Å²) in [4.78, 5) is 35.4. The predicted octanol–water partition coefficient (Wildman–Crippen LogP) is 6.31. The third kappa shape index (κ3) is 6.50. The van der Waals surface area contributed by atoms with Gasteiger partial charge in [0.15, 0.2) is 5.82 Å². The lowest BCUT2D eigenvalue weighted by atomic mass is 9.99. The van der Waals surface area contributed by atoms with Gasteiger partial charge in [0, 0.05) is 68.9 Å². The number of likely N-dealkylation sites (tertiary alicyclic amines) is 1. The number of hydrogen-bond acceptors (Lipinski definition) is 10. The number of aromatic nitrogens is 2. The number of carbonyl (C=O) groups is 1. The number of piperidine rings is 1. The summed E-state index contributed by atoms with van der Waals surface area (Å²) in [5.74, 6) is 0.811. The zero-order valence-corrected chi connectivity index (χ0v) is 29.1. The fraction of sp³-hybridized carbons (Fsp3) is 0.486. The third-order valence-electron chi connectivity index (χ3n) is 11.0.